The van der Waals surface area contributed by atoms with Crippen molar-refractivity contribution in [2.45, 2.75) is 31.8 Å². The number of fused-ring (bicyclic) bond motifs is 1. The molecule has 1 heterocycles. The van der Waals surface area contributed by atoms with Crippen molar-refractivity contribution >= 4 is 12.4 Å². The van der Waals surface area contributed by atoms with Gasteiger partial charge in [0, 0.05) is 6.61 Å². The fraction of sp³-hybridized carbons (Fsp3) is 0.500. The first-order valence-electron chi connectivity index (χ1n) is 10.5. The molecule has 1 aliphatic heterocycles. The molecule has 0 radical (unpaired) electrons. The van der Waals surface area contributed by atoms with Crippen LogP contribution in [0.15, 0.2) is 30.3 Å². The maximum atomic E-state index is 6.16. The van der Waals surface area contributed by atoms with E-state index in [1.54, 1.807) is 28.4 Å². The van der Waals surface area contributed by atoms with Crippen LogP contribution in [-0.4, -0.2) is 53.6 Å². The number of hydrogen-bond donors (Lipinski definition) is 1. The van der Waals surface area contributed by atoms with Gasteiger partial charge < -0.3 is 34.5 Å². The molecule has 32 heavy (non-hydrogen) atoms. The van der Waals surface area contributed by atoms with E-state index in [9.17, 15) is 0 Å². The molecule has 3 N–H and O–H groups in total. The minimum absolute atomic E-state index is 0. The summed E-state index contributed by atoms with van der Waals surface area (Å²) in [5.41, 5.74) is 3.72. The molecule has 1 aliphatic rings. The van der Waals surface area contributed by atoms with Gasteiger partial charge in [-0.25, -0.2) is 0 Å². The normalized spacial score (nSPS) is 14.8. The van der Waals surface area contributed by atoms with Crippen molar-refractivity contribution < 1.29 is 29.2 Å². The Kier molecular flexibility index (Phi) is 12.2. The highest BCUT2D eigenvalue weighted by Crippen LogP contribution is 2.37. The molecule has 2 aromatic carbocycles. The lowest BCUT2D eigenvalue weighted by molar-refractivity contribution is 0.0506. The molecule has 0 aromatic heterocycles. The Bertz CT molecular complexity index is 832. The van der Waals surface area contributed by atoms with E-state index < -0.39 is 0 Å². The lowest BCUT2D eigenvalue weighted by Crippen LogP contribution is -2.21. The molecule has 2 aromatic rings. The quantitative estimate of drug-likeness (QED) is 0.535. The zero-order chi connectivity index (χ0) is 21.3. The zero-order valence-corrected chi connectivity index (χ0v) is 20.2. The Labute approximate surface area is 197 Å². The summed E-state index contributed by atoms with van der Waals surface area (Å²) < 4.78 is 27.8. The van der Waals surface area contributed by atoms with Crippen molar-refractivity contribution in [3.05, 3.63) is 47.0 Å². The maximum Gasteiger partial charge on any atom is 0.161 e. The number of ether oxygens (including phenoxy) is 5. The fourth-order valence-electron chi connectivity index (χ4n) is 3.90. The largest absolute Gasteiger partial charge is 0.493 e. The fourth-order valence-corrected chi connectivity index (χ4v) is 3.90. The third-order valence-electron chi connectivity index (χ3n) is 5.52. The SMILES string of the molecule is COc1ccc(CCNCCC2OCCCc3cc(OC)c(OC)cc32)cc1OC.Cl.O. The second-order valence-electron chi connectivity index (χ2n) is 7.35. The summed E-state index contributed by atoms with van der Waals surface area (Å²) in [6, 6.07) is 10.2. The van der Waals surface area contributed by atoms with Crippen molar-refractivity contribution in [1.29, 1.82) is 0 Å². The van der Waals surface area contributed by atoms with Crippen LogP contribution in [0.5, 0.6) is 23.0 Å². The maximum absolute atomic E-state index is 6.16. The molecule has 7 nitrogen and oxygen atoms in total. The summed E-state index contributed by atoms with van der Waals surface area (Å²) in [5, 5.41) is 3.54. The van der Waals surface area contributed by atoms with Crippen LogP contribution in [0.2, 0.25) is 0 Å². The molecule has 0 aliphatic carbocycles. The lowest BCUT2D eigenvalue weighted by Gasteiger charge is -2.20. The zero-order valence-electron chi connectivity index (χ0n) is 19.4. The number of methoxy groups -OCH3 is 4. The molecule has 3 rings (SSSR count). The van der Waals surface area contributed by atoms with E-state index in [2.05, 4.69) is 23.5 Å². The standard InChI is InChI=1S/C24H33NO5.ClH.H2O/c1-26-21-8-7-17(14-22(21)27-2)9-11-25-12-10-20-19-16-24(29-4)23(28-3)15-18(19)6-5-13-30-20;;/h7-8,14-16,20,25H,5-6,9-13H2,1-4H3;1H;1H2. The number of benzene rings is 2. The van der Waals surface area contributed by atoms with Gasteiger partial charge in [-0.2, -0.15) is 0 Å². The van der Waals surface area contributed by atoms with Gasteiger partial charge in [0.05, 0.1) is 34.5 Å². The van der Waals surface area contributed by atoms with Crippen LogP contribution >= 0.6 is 12.4 Å². The number of rotatable bonds is 10. The minimum Gasteiger partial charge on any atom is -0.493 e. The third-order valence-corrected chi connectivity index (χ3v) is 5.52. The van der Waals surface area contributed by atoms with Crippen molar-refractivity contribution in [3.8, 4) is 23.0 Å². The van der Waals surface area contributed by atoms with Gasteiger partial charge in [-0.1, -0.05) is 6.07 Å². The number of halogens is 1. The van der Waals surface area contributed by atoms with Gasteiger partial charge in [0.15, 0.2) is 23.0 Å². The first kappa shape index (κ1) is 27.8. The first-order chi connectivity index (χ1) is 14.7. The molecule has 180 valence electrons. The van der Waals surface area contributed by atoms with Gasteiger partial charge in [0.1, 0.15) is 0 Å². The second-order valence-corrected chi connectivity index (χ2v) is 7.35. The average molecular weight is 470 g/mol. The molecular formula is C24H36ClNO6. The summed E-state index contributed by atoms with van der Waals surface area (Å²) in [6.07, 6.45) is 3.92. The smallest absolute Gasteiger partial charge is 0.161 e. The van der Waals surface area contributed by atoms with Crippen LogP contribution in [-0.2, 0) is 17.6 Å². The van der Waals surface area contributed by atoms with Crippen molar-refractivity contribution in [3.63, 3.8) is 0 Å². The van der Waals surface area contributed by atoms with E-state index in [0.29, 0.717) is 0 Å². The van der Waals surface area contributed by atoms with Crippen LogP contribution in [0, 0.1) is 0 Å². The van der Waals surface area contributed by atoms with Crippen molar-refractivity contribution in [2.75, 3.05) is 48.1 Å². The molecule has 0 bridgehead atoms. The van der Waals surface area contributed by atoms with E-state index in [4.69, 9.17) is 23.7 Å². The summed E-state index contributed by atoms with van der Waals surface area (Å²) in [6.45, 7) is 2.54. The van der Waals surface area contributed by atoms with Crippen LogP contribution in [0.1, 0.15) is 35.6 Å². The Morgan fingerprint density at radius 2 is 1.53 bits per heavy atom. The van der Waals surface area contributed by atoms with Crippen LogP contribution < -0.4 is 24.3 Å². The number of aryl methyl sites for hydroxylation is 1. The van der Waals surface area contributed by atoms with Gasteiger partial charge in [-0.3, -0.25) is 0 Å². The predicted octanol–water partition coefficient (Wildman–Crippen LogP) is 3.54. The van der Waals surface area contributed by atoms with Crippen LogP contribution in [0.25, 0.3) is 0 Å². The second kappa shape index (κ2) is 14.1. The third kappa shape index (κ3) is 6.90. The molecule has 0 saturated carbocycles. The summed E-state index contributed by atoms with van der Waals surface area (Å²) in [4.78, 5) is 0. The van der Waals surface area contributed by atoms with Crippen molar-refractivity contribution in [2.24, 2.45) is 0 Å². The lowest BCUT2D eigenvalue weighted by atomic mass is 9.97. The van der Waals surface area contributed by atoms with Gasteiger partial charge in [-0.05, 0) is 79.7 Å². The molecular weight excluding hydrogens is 434 g/mol. The highest BCUT2D eigenvalue weighted by molar-refractivity contribution is 5.85. The molecule has 0 amide bonds. The van der Waals surface area contributed by atoms with E-state index >= 15 is 0 Å². The van der Waals surface area contributed by atoms with Gasteiger partial charge >= 0.3 is 0 Å². The van der Waals surface area contributed by atoms with E-state index in [-0.39, 0.29) is 24.0 Å². The van der Waals surface area contributed by atoms with Gasteiger partial charge in [0.25, 0.3) is 0 Å². The average Bonchev–Trinajstić information content (AvgIpc) is 2.99. The Balaban J connectivity index is 0.00000256. The Morgan fingerprint density at radius 3 is 2.22 bits per heavy atom. The van der Waals surface area contributed by atoms with Crippen molar-refractivity contribution in [1.82, 2.24) is 5.32 Å². The van der Waals surface area contributed by atoms with Crippen LogP contribution in [0.4, 0.5) is 0 Å². The monoisotopic (exact) mass is 469 g/mol. The summed E-state index contributed by atoms with van der Waals surface area (Å²) in [7, 11) is 6.66. The Hall–Kier alpha value is -2.19. The topological polar surface area (TPSA) is 89.7 Å². The first-order valence-corrected chi connectivity index (χ1v) is 10.5. The van der Waals surface area contributed by atoms with Gasteiger partial charge in [0.2, 0.25) is 0 Å². The minimum atomic E-state index is 0. The molecule has 0 spiro atoms. The highest BCUT2D eigenvalue weighted by Gasteiger charge is 2.22. The highest BCUT2D eigenvalue weighted by atomic mass is 35.5. The molecule has 0 fully saturated rings. The Morgan fingerprint density at radius 1 is 0.875 bits per heavy atom. The molecule has 8 heteroatoms. The number of hydrogen-bond acceptors (Lipinski definition) is 6. The predicted molar refractivity (Wildman–Crippen MR) is 128 cm³/mol. The van der Waals surface area contributed by atoms with E-state index in [0.717, 1.165) is 68.4 Å². The van der Waals surface area contributed by atoms with E-state index in [1.165, 1.54) is 16.7 Å². The summed E-state index contributed by atoms with van der Waals surface area (Å²) in [5.74, 6) is 3.06. The van der Waals surface area contributed by atoms with E-state index in [1.807, 2.05) is 12.1 Å². The molecule has 0 saturated heterocycles. The number of nitrogens with one attached hydrogen (secondary N) is 1. The molecule has 1 unspecified atom stereocenters. The van der Waals surface area contributed by atoms with Crippen LogP contribution in [0.3, 0.4) is 0 Å². The summed E-state index contributed by atoms with van der Waals surface area (Å²) >= 11 is 0. The van der Waals surface area contributed by atoms with Gasteiger partial charge in [-0.15, -0.1) is 12.4 Å². The molecule has 1 atom stereocenters.